The van der Waals surface area contributed by atoms with E-state index in [0.717, 1.165) is 11.3 Å². The summed E-state index contributed by atoms with van der Waals surface area (Å²) >= 11 is 0. The SMILES string of the molecule is CC1(C)CCCC(Nc2cccc(-c3cnco3)c2)C1. The van der Waals surface area contributed by atoms with E-state index in [-0.39, 0.29) is 0 Å². The van der Waals surface area contributed by atoms with E-state index >= 15 is 0 Å². The van der Waals surface area contributed by atoms with E-state index in [1.165, 1.54) is 37.8 Å². The summed E-state index contributed by atoms with van der Waals surface area (Å²) in [4.78, 5) is 3.98. The van der Waals surface area contributed by atoms with Gasteiger partial charge in [0.1, 0.15) is 0 Å². The molecular weight excluding hydrogens is 248 g/mol. The van der Waals surface area contributed by atoms with Crippen LogP contribution in [-0.4, -0.2) is 11.0 Å². The number of benzene rings is 1. The van der Waals surface area contributed by atoms with Crippen LogP contribution in [0.1, 0.15) is 39.5 Å². The quantitative estimate of drug-likeness (QED) is 0.876. The molecule has 0 saturated heterocycles. The van der Waals surface area contributed by atoms with Gasteiger partial charge in [0, 0.05) is 17.3 Å². The maximum Gasteiger partial charge on any atom is 0.181 e. The fraction of sp³-hybridized carbons (Fsp3) is 0.471. The van der Waals surface area contributed by atoms with Crippen molar-refractivity contribution in [3.8, 4) is 11.3 Å². The van der Waals surface area contributed by atoms with Gasteiger partial charge in [0.25, 0.3) is 0 Å². The molecule has 20 heavy (non-hydrogen) atoms. The molecule has 3 rings (SSSR count). The largest absolute Gasteiger partial charge is 0.444 e. The van der Waals surface area contributed by atoms with E-state index in [2.05, 4.69) is 48.4 Å². The molecule has 1 fully saturated rings. The van der Waals surface area contributed by atoms with E-state index in [0.29, 0.717) is 11.5 Å². The maximum absolute atomic E-state index is 5.36. The van der Waals surface area contributed by atoms with Gasteiger partial charge in [-0.3, -0.25) is 0 Å². The average molecular weight is 270 g/mol. The third kappa shape index (κ3) is 3.03. The van der Waals surface area contributed by atoms with Crippen LogP contribution in [-0.2, 0) is 0 Å². The van der Waals surface area contributed by atoms with Crippen molar-refractivity contribution in [3.05, 3.63) is 36.9 Å². The molecule has 1 unspecified atom stereocenters. The first kappa shape index (κ1) is 13.2. The number of aromatic nitrogens is 1. The average Bonchev–Trinajstić information content (AvgIpc) is 2.91. The summed E-state index contributed by atoms with van der Waals surface area (Å²) in [7, 11) is 0. The smallest absolute Gasteiger partial charge is 0.181 e. The molecular formula is C17H22N2O. The number of rotatable bonds is 3. The van der Waals surface area contributed by atoms with Crippen molar-refractivity contribution in [2.45, 2.75) is 45.6 Å². The molecule has 2 aromatic rings. The highest BCUT2D eigenvalue weighted by molar-refractivity contribution is 5.63. The van der Waals surface area contributed by atoms with E-state index in [1.807, 2.05) is 0 Å². The molecule has 0 aliphatic heterocycles. The second-order valence-electron chi connectivity index (χ2n) is 6.55. The molecule has 1 atom stereocenters. The van der Waals surface area contributed by atoms with Crippen molar-refractivity contribution in [1.29, 1.82) is 0 Å². The first-order valence-corrected chi connectivity index (χ1v) is 7.38. The summed E-state index contributed by atoms with van der Waals surface area (Å²) in [6.07, 6.45) is 8.37. The molecule has 1 saturated carbocycles. The summed E-state index contributed by atoms with van der Waals surface area (Å²) in [6.45, 7) is 4.73. The van der Waals surface area contributed by atoms with Gasteiger partial charge >= 0.3 is 0 Å². The van der Waals surface area contributed by atoms with Crippen molar-refractivity contribution in [2.24, 2.45) is 5.41 Å². The third-order valence-electron chi connectivity index (χ3n) is 4.16. The summed E-state index contributed by atoms with van der Waals surface area (Å²) in [5.41, 5.74) is 2.70. The lowest BCUT2D eigenvalue weighted by molar-refractivity contribution is 0.229. The van der Waals surface area contributed by atoms with Gasteiger partial charge in [-0.25, -0.2) is 4.98 Å². The first-order chi connectivity index (χ1) is 9.62. The van der Waals surface area contributed by atoms with E-state index in [9.17, 15) is 0 Å². The lowest BCUT2D eigenvalue weighted by Crippen LogP contribution is -2.31. The Labute approximate surface area is 120 Å². The van der Waals surface area contributed by atoms with Crippen LogP contribution >= 0.6 is 0 Å². The van der Waals surface area contributed by atoms with Gasteiger partial charge in [-0.1, -0.05) is 32.4 Å². The lowest BCUT2D eigenvalue weighted by Gasteiger charge is -2.36. The zero-order valence-electron chi connectivity index (χ0n) is 12.2. The molecule has 1 heterocycles. The fourth-order valence-electron chi connectivity index (χ4n) is 3.18. The van der Waals surface area contributed by atoms with Gasteiger partial charge in [0.15, 0.2) is 12.2 Å². The van der Waals surface area contributed by atoms with Gasteiger partial charge < -0.3 is 9.73 Å². The molecule has 1 aromatic carbocycles. The normalized spacial score (nSPS) is 21.6. The molecule has 1 aliphatic rings. The molecule has 1 N–H and O–H groups in total. The van der Waals surface area contributed by atoms with Crippen molar-refractivity contribution >= 4 is 5.69 Å². The highest BCUT2D eigenvalue weighted by atomic mass is 16.3. The molecule has 106 valence electrons. The van der Waals surface area contributed by atoms with Crippen LogP contribution in [0, 0.1) is 5.41 Å². The zero-order chi connectivity index (χ0) is 14.0. The van der Waals surface area contributed by atoms with E-state index < -0.39 is 0 Å². The number of nitrogens with zero attached hydrogens (tertiary/aromatic N) is 1. The third-order valence-corrected chi connectivity index (χ3v) is 4.16. The number of oxazole rings is 1. The highest BCUT2D eigenvalue weighted by Gasteiger charge is 2.27. The van der Waals surface area contributed by atoms with Gasteiger partial charge in [0.2, 0.25) is 0 Å². The molecule has 0 bridgehead atoms. The van der Waals surface area contributed by atoms with Crippen molar-refractivity contribution < 1.29 is 4.42 Å². The van der Waals surface area contributed by atoms with E-state index in [4.69, 9.17) is 4.42 Å². The molecule has 3 heteroatoms. The Morgan fingerprint density at radius 1 is 1.35 bits per heavy atom. The van der Waals surface area contributed by atoms with Crippen LogP contribution in [0.5, 0.6) is 0 Å². The molecule has 1 aromatic heterocycles. The van der Waals surface area contributed by atoms with Gasteiger partial charge in [0.05, 0.1) is 6.20 Å². The molecule has 0 radical (unpaired) electrons. The second kappa shape index (κ2) is 5.31. The number of nitrogens with one attached hydrogen (secondary N) is 1. The van der Waals surface area contributed by atoms with Crippen molar-refractivity contribution in [3.63, 3.8) is 0 Å². The minimum absolute atomic E-state index is 0.457. The predicted octanol–water partition coefficient (Wildman–Crippen LogP) is 4.72. The summed E-state index contributed by atoms with van der Waals surface area (Å²) in [5.74, 6) is 0.817. The standard InChI is InChI=1S/C17H22N2O/c1-17(2)8-4-7-15(10-17)19-14-6-3-5-13(9-14)16-11-18-12-20-16/h3,5-6,9,11-12,15,19H,4,7-8,10H2,1-2H3. The molecule has 0 spiro atoms. The van der Waals surface area contributed by atoms with Crippen LogP contribution in [0.3, 0.4) is 0 Å². The van der Waals surface area contributed by atoms with Crippen LogP contribution in [0.4, 0.5) is 5.69 Å². The molecule has 0 amide bonds. The molecule has 3 nitrogen and oxygen atoms in total. The Bertz CT molecular complexity index is 560. The summed E-state index contributed by atoms with van der Waals surface area (Å²) in [6, 6.07) is 8.96. The number of anilines is 1. The van der Waals surface area contributed by atoms with E-state index in [1.54, 1.807) is 6.20 Å². The van der Waals surface area contributed by atoms with Gasteiger partial charge in [-0.15, -0.1) is 0 Å². The Morgan fingerprint density at radius 3 is 3.00 bits per heavy atom. The maximum atomic E-state index is 5.36. The van der Waals surface area contributed by atoms with Crippen LogP contribution in [0.25, 0.3) is 11.3 Å². The summed E-state index contributed by atoms with van der Waals surface area (Å²) < 4.78 is 5.36. The van der Waals surface area contributed by atoms with Crippen LogP contribution in [0.15, 0.2) is 41.3 Å². The van der Waals surface area contributed by atoms with Crippen molar-refractivity contribution in [1.82, 2.24) is 4.98 Å². The van der Waals surface area contributed by atoms with Crippen molar-refractivity contribution in [2.75, 3.05) is 5.32 Å². The first-order valence-electron chi connectivity index (χ1n) is 7.38. The predicted molar refractivity (Wildman–Crippen MR) is 81.6 cm³/mol. The Hall–Kier alpha value is -1.77. The highest BCUT2D eigenvalue weighted by Crippen LogP contribution is 2.36. The van der Waals surface area contributed by atoms with Crippen LogP contribution in [0.2, 0.25) is 0 Å². The summed E-state index contributed by atoms with van der Waals surface area (Å²) in [5, 5.41) is 3.68. The lowest BCUT2D eigenvalue weighted by atomic mass is 9.75. The zero-order valence-corrected chi connectivity index (χ0v) is 12.2. The van der Waals surface area contributed by atoms with Gasteiger partial charge in [-0.05, 0) is 36.8 Å². The van der Waals surface area contributed by atoms with Gasteiger partial charge in [-0.2, -0.15) is 0 Å². The molecule has 1 aliphatic carbocycles. The number of hydrogen-bond donors (Lipinski definition) is 1. The number of hydrogen-bond acceptors (Lipinski definition) is 3. The Morgan fingerprint density at radius 2 is 2.25 bits per heavy atom. The van der Waals surface area contributed by atoms with Crippen LogP contribution < -0.4 is 5.32 Å². The Balaban J connectivity index is 1.73. The monoisotopic (exact) mass is 270 g/mol. The topological polar surface area (TPSA) is 38.1 Å². The Kier molecular flexibility index (Phi) is 3.51. The second-order valence-corrected chi connectivity index (χ2v) is 6.55. The minimum Gasteiger partial charge on any atom is -0.444 e. The fourth-order valence-corrected chi connectivity index (χ4v) is 3.18. The minimum atomic E-state index is 0.457.